The first-order chi connectivity index (χ1) is 19.0. The van der Waals surface area contributed by atoms with Crippen LogP contribution in [0.2, 0.25) is 0 Å². The Labute approximate surface area is 229 Å². The average molecular weight is 527 g/mol. The Morgan fingerprint density at radius 2 is 1.85 bits per heavy atom. The van der Waals surface area contributed by atoms with Crippen LogP contribution in [0.4, 0.5) is 5.69 Å². The Balaban J connectivity index is 1.19. The van der Waals surface area contributed by atoms with E-state index in [1.54, 1.807) is 6.33 Å². The van der Waals surface area contributed by atoms with Crippen molar-refractivity contribution in [3.63, 3.8) is 0 Å². The Morgan fingerprint density at radius 3 is 2.67 bits per heavy atom. The van der Waals surface area contributed by atoms with Gasteiger partial charge in [0.2, 0.25) is 5.91 Å². The molecule has 0 spiro atoms. The molecule has 6 atom stereocenters. The maximum absolute atomic E-state index is 12.2. The molecule has 8 heteroatoms. The Morgan fingerprint density at radius 1 is 1.03 bits per heavy atom. The molecule has 204 valence electrons. The van der Waals surface area contributed by atoms with Gasteiger partial charge in [0.05, 0.1) is 24.6 Å². The molecule has 1 N–H and O–H groups in total. The normalized spacial score (nSPS) is 35.6. The number of morpholine rings is 1. The molecule has 3 aromatic rings. The second-order valence-electron chi connectivity index (χ2n) is 13.1. The van der Waals surface area contributed by atoms with Crippen molar-refractivity contribution >= 4 is 17.4 Å². The van der Waals surface area contributed by atoms with Crippen LogP contribution in [0.1, 0.15) is 63.6 Å². The number of benzene rings is 1. The number of fused-ring (bicyclic) bond motifs is 8. The van der Waals surface area contributed by atoms with E-state index in [0.29, 0.717) is 36.0 Å². The van der Waals surface area contributed by atoms with Crippen LogP contribution in [0.5, 0.6) is 0 Å². The predicted octanol–water partition coefficient (Wildman–Crippen LogP) is 4.16. The van der Waals surface area contributed by atoms with E-state index in [1.807, 2.05) is 4.52 Å². The van der Waals surface area contributed by atoms with Crippen LogP contribution < -0.4 is 10.2 Å². The lowest BCUT2D eigenvalue weighted by Gasteiger charge is -2.59. The minimum absolute atomic E-state index is 0.0494. The van der Waals surface area contributed by atoms with Gasteiger partial charge in [-0.25, -0.2) is 4.98 Å². The molecule has 0 radical (unpaired) electrons. The van der Waals surface area contributed by atoms with E-state index in [2.05, 4.69) is 58.4 Å². The summed E-state index contributed by atoms with van der Waals surface area (Å²) in [7, 11) is 0. The van der Waals surface area contributed by atoms with E-state index < -0.39 is 0 Å². The summed E-state index contributed by atoms with van der Waals surface area (Å²) in [5.74, 6) is 2.83. The molecule has 2 saturated carbocycles. The molecule has 4 heterocycles. The van der Waals surface area contributed by atoms with Crippen LogP contribution in [0.25, 0.3) is 17.0 Å². The fraction of sp³-hybridized carbons (Fsp3) is 0.613. The number of ether oxygens (including phenoxy) is 1. The Bertz CT molecular complexity index is 1450. The number of hydrogen-bond donors (Lipinski definition) is 1. The molecule has 8 nitrogen and oxygen atoms in total. The number of nitrogens with zero attached hydrogens (tertiary/aromatic N) is 5. The van der Waals surface area contributed by atoms with Gasteiger partial charge in [-0.3, -0.25) is 4.79 Å². The van der Waals surface area contributed by atoms with Crippen molar-refractivity contribution in [3.8, 4) is 11.3 Å². The molecule has 2 aromatic heterocycles. The van der Waals surface area contributed by atoms with Gasteiger partial charge in [-0.1, -0.05) is 26.0 Å². The molecule has 4 fully saturated rings. The number of carbonyl (C=O) groups excluding carboxylic acids is 1. The average Bonchev–Trinajstić information content (AvgIpc) is 3.55. The third-order valence-electron chi connectivity index (χ3n) is 11.5. The molecule has 0 bridgehead atoms. The molecule has 1 aromatic carbocycles. The molecule has 3 aliphatic carbocycles. The molecule has 2 aliphatic heterocycles. The van der Waals surface area contributed by atoms with Crippen molar-refractivity contribution in [1.82, 2.24) is 24.9 Å². The van der Waals surface area contributed by atoms with E-state index in [0.717, 1.165) is 57.7 Å². The van der Waals surface area contributed by atoms with Crippen molar-refractivity contribution < 1.29 is 9.53 Å². The summed E-state index contributed by atoms with van der Waals surface area (Å²) >= 11 is 0. The largest absolute Gasteiger partial charge is 0.378 e. The number of piperidine rings is 1. The fourth-order valence-electron chi connectivity index (χ4n) is 9.40. The van der Waals surface area contributed by atoms with E-state index in [4.69, 9.17) is 9.72 Å². The highest BCUT2D eigenvalue weighted by molar-refractivity contribution is 5.77. The van der Waals surface area contributed by atoms with Crippen LogP contribution in [0.3, 0.4) is 0 Å². The second-order valence-corrected chi connectivity index (χ2v) is 13.1. The van der Waals surface area contributed by atoms with Gasteiger partial charge in [0.25, 0.3) is 5.78 Å². The number of anilines is 1. The smallest absolute Gasteiger partial charge is 0.252 e. The first kappa shape index (κ1) is 23.9. The summed E-state index contributed by atoms with van der Waals surface area (Å²) in [6.45, 7) is 8.38. The standard InChI is InChI=1S/C31H38N6O2/c1-30-12-10-26(38)34-25(30)8-7-21-23(30)9-11-31(2)24(21)17-22-27(37-29(32-18-33-37)35-28(22)31)19-3-5-20(6-4-19)36-13-15-39-16-14-36/h3-6,18,21,23-25H,7-17H2,1-2H3,(H,34,38)/t21?,23?,24?,25-,30-,31+/m1/s1. The summed E-state index contributed by atoms with van der Waals surface area (Å²) in [6, 6.07) is 9.33. The SMILES string of the molecule is C[C@]12CCC3C(CC[C@H]4NC(=O)CC[C@]34C)C1Cc1c2nc2ncnn2c1-c1ccc(N2CCOCC2)cc1. The van der Waals surface area contributed by atoms with E-state index in [-0.39, 0.29) is 16.7 Å². The van der Waals surface area contributed by atoms with Gasteiger partial charge in [0, 0.05) is 47.8 Å². The van der Waals surface area contributed by atoms with E-state index in [1.165, 1.54) is 35.3 Å². The lowest BCUT2D eigenvalue weighted by Crippen LogP contribution is -2.61. The molecular weight excluding hydrogens is 488 g/mol. The van der Waals surface area contributed by atoms with Gasteiger partial charge in [-0.05, 0) is 73.8 Å². The summed E-state index contributed by atoms with van der Waals surface area (Å²) in [4.78, 5) is 24.4. The van der Waals surface area contributed by atoms with E-state index >= 15 is 0 Å². The fourth-order valence-corrected chi connectivity index (χ4v) is 9.40. The topological polar surface area (TPSA) is 84.7 Å². The van der Waals surface area contributed by atoms with Crippen LogP contribution >= 0.6 is 0 Å². The lowest BCUT2D eigenvalue weighted by molar-refractivity contribution is -0.134. The highest BCUT2D eigenvalue weighted by Crippen LogP contribution is 2.63. The molecule has 39 heavy (non-hydrogen) atoms. The van der Waals surface area contributed by atoms with Crippen LogP contribution in [-0.2, 0) is 21.4 Å². The maximum Gasteiger partial charge on any atom is 0.252 e. The second kappa shape index (κ2) is 8.50. The lowest BCUT2D eigenvalue weighted by atomic mass is 9.47. The third-order valence-corrected chi connectivity index (χ3v) is 11.5. The third kappa shape index (κ3) is 3.39. The van der Waals surface area contributed by atoms with Gasteiger partial charge in [-0.2, -0.15) is 14.6 Å². The molecule has 3 unspecified atom stereocenters. The Kier molecular flexibility index (Phi) is 5.20. The molecule has 8 rings (SSSR count). The van der Waals surface area contributed by atoms with Crippen LogP contribution in [-0.4, -0.2) is 57.8 Å². The first-order valence-corrected chi connectivity index (χ1v) is 14.9. The van der Waals surface area contributed by atoms with Gasteiger partial charge in [-0.15, -0.1) is 0 Å². The highest BCUT2D eigenvalue weighted by Gasteiger charge is 2.60. The van der Waals surface area contributed by atoms with Crippen molar-refractivity contribution in [2.24, 2.45) is 23.2 Å². The number of amides is 1. The van der Waals surface area contributed by atoms with Gasteiger partial charge >= 0.3 is 0 Å². The van der Waals surface area contributed by atoms with Crippen LogP contribution in [0, 0.1) is 23.2 Å². The number of nitrogens with one attached hydrogen (secondary N) is 1. The van der Waals surface area contributed by atoms with Gasteiger partial charge in [0.15, 0.2) is 0 Å². The van der Waals surface area contributed by atoms with Crippen molar-refractivity contribution in [3.05, 3.63) is 41.9 Å². The van der Waals surface area contributed by atoms with Crippen molar-refractivity contribution in [2.45, 2.75) is 70.3 Å². The van der Waals surface area contributed by atoms with Crippen molar-refractivity contribution in [2.75, 3.05) is 31.2 Å². The molecule has 2 saturated heterocycles. The molecule has 5 aliphatic rings. The van der Waals surface area contributed by atoms with Gasteiger partial charge in [0.1, 0.15) is 6.33 Å². The molecule has 1 amide bonds. The summed E-state index contributed by atoms with van der Waals surface area (Å²) < 4.78 is 7.52. The quantitative estimate of drug-likeness (QED) is 0.540. The predicted molar refractivity (Wildman–Crippen MR) is 149 cm³/mol. The van der Waals surface area contributed by atoms with Crippen LogP contribution in [0.15, 0.2) is 30.6 Å². The highest BCUT2D eigenvalue weighted by atomic mass is 16.5. The zero-order valence-corrected chi connectivity index (χ0v) is 23.0. The molecular formula is C31H38N6O2. The number of hydrogen-bond acceptors (Lipinski definition) is 6. The minimum Gasteiger partial charge on any atom is -0.378 e. The van der Waals surface area contributed by atoms with Crippen molar-refractivity contribution in [1.29, 1.82) is 0 Å². The number of carbonyl (C=O) groups is 1. The maximum atomic E-state index is 12.2. The minimum atomic E-state index is 0.0494. The first-order valence-electron chi connectivity index (χ1n) is 14.9. The van der Waals surface area contributed by atoms with E-state index in [9.17, 15) is 4.79 Å². The van der Waals surface area contributed by atoms with Gasteiger partial charge < -0.3 is 15.0 Å². The number of aromatic nitrogens is 4. The zero-order valence-electron chi connectivity index (χ0n) is 23.0. The monoisotopic (exact) mass is 526 g/mol. The summed E-state index contributed by atoms with van der Waals surface area (Å²) in [5.41, 5.74) is 6.47. The number of rotatable bonds is 2. The zero-order chi connectivity index (χ0) is 26.4. The summed E-state index contributed by atoms with van der Waals surface area (Å²) in [6.07, 6.45) is 9.03. The summed E-state index contributed by atoms with van der Waals surface area (Å²) in [5, 5.41) is 8.03. The Hall–Kier alpha value is -3.00.